The number of halogens is 1. The van der Waals surface area contributed by atoms with Crippen LogP contribution in [0.1, 0.15) is 26.3 Å². The number of fused-ring (bicyclic) bond motifs is 1. The zero-order valence-corrected chi connectivity index (χ0v) is 14.5. The minimum atomic E-state index is -0.650. The smallest absolute Gasteiger partial charge is 0.264 e. The molecule has 0 aliphatic carbocycles. The first-order chi connectivity index (χ1) is 10.5. The van der Waals surface area contributed by atoms with E-state index in [9.17, 15) is 9.90 Å². The number of rotatable bonds is 7. The van der Waals surface area contributed by atoms with Gasteiger partial charge in [-0.3, -0.25) is 9.20 Å². The largest absolute Gasteiger partial charge is 0.474 e. The van der Waals surface area contributed by atoms with Crippen LogP contribution in [0.2, 0.25) is 0 Å². The maximum atomic E-state index is 12.4. The molecular formula is C16H24ClN3O3. The number of nitrogens with one attached hydrogen (secondary N) is 1. The summed E-state index contributed by atoms with van der Waals surface area (Å²) in [6, 6.07) is 5.66. The summed E-state index contributed by atoms with van der Waals surface area (Å²) in [7, 11) is 0. The predicted octanol–water partition coefficient (Wildman–Crippen LogP) is 1.42. The average Bonchev–Trinajstić information content (AvgIpc) is 2.51. The van der Waals surface area contributed by atoms with Gasteiger partial charge < -0.3 is 15.2 Å². The highest BCUT2D eigenvalue weighted by atomic mass is 35.5. The van der Waals surface area contributed by atoms with Gasteiger partial charge in [-0.2, -0.15) is 4.98 Å². The zero-order chi connectivity index (χ0) is 16.1. The molecule has 0 aromatic carbocycles. The Balaban J connectivity index is 0.00000264. The van der Waals surface area contributed by atoms with Crippen molar-refractivity contribution in [2.75, 3.05) is 13.2 Å². The third-order valence-corrected chi connectivity index (χ3v) is 3.32. The van der Waals surface area contributed by atoms with E-state index in [2.05, 4.69) is 10.3 Å². The molecule has 0 bridgehead atoms. The highest BCUT2D eigenvalue weighted by Gasteiger charge is 2.14. The molecule has 1 atom stereocenters. The average molecular weight is 342 g/mol. The maximum Gasteiger partial charge on any atom is 0.264 e. The molecule has 0 amide bonds. The van der Waals surface area contributed by atoms with Crippen LogP contribution >= 0.6 is 12.4 Å². The van der Waals surface area contributed by atoms with Crippen LogP contribution in [-0.2, 0) is 6.42 Å². The van der Waals surface area contributed by atoms with Gasteiger partial charge in [-0.25, -0.2) is 0 Å². The Morgan fingerprint density at radius 1 is 1.39 bits per heavy atom. The van der Waals surface area contributed by atoms with E-state index in [1.807, 2.05) is 26.8 Å². The maximum absolute atomic E-state index is 12.4. The van der Waals surface area contributed by atoms with Gasteiger partial charge in [0.25, 0.3) is 5.56 Å². The van der Waals surface area contributed by atoms with E-state index in [0.717, 1.165) is 0 Å². The molecule has 128 valence electrons. The summed E-state index contributed by atoms with van der Waals surface area (Å²) < 4.78 is 7.10. The molecule has 7 heteroatoms. The fourth-order valence-corrected chi connectivity index (χ4v) is 2.13. The number of hydrogen-bond donors (Lipinski definition) is 2. The van der Waals surface area contributed by atoms with E-state index in [1.165, 1.54) is 4.40 Å². The van der Waals surface area contributed by atoms with Crippen LogP contribution in [0.15, 0.2) is 29.2 Å². The fraction of sp³-hybridized carbons (Fsp3) is 0.500. The Kier molecular flexibility index (Phi) is 7.48. The molecule has 2 rings (SSSR count). The molecular weight excluding hydrogens is 318 g/mol. The van der Waals surface area contributed by atoms with Crippen molar-refractivity contribution in [1.82, 2.24) is 14.7 Å². The Hall–Kier alpha value is -1.63. The van der Waals surface area contributed by atoms with Gasteiger partial charge in [-0.1, -0.05) is 26.8 Å². The lowest BCUT2D eigenvalue weighted by atomic mass is 10.2. The van der Waals surface area contributed by atoms with E-state index in [-0.39, 0.29) is 24.6 Å². The first-order valence-corrected chi connectivity index (χ1v) is 7.57. The minimum absolute atomic E-state index is 0. The zero-order valence-electron chi connectivity index (χ0n) is 13.7. The molecule has 0 spiro atoms. The third kappa shape index (κ3) is 4.92. The second-order valence-electron chi connectivity index (χ2n) is 5.51. The minimum Gasteiger partial charge on any atom is -0.474 e. The number of aliphatic hydroxyl groups excluding tert-OH is 1. The molecule has 0 radical (unpaired) electrons. The van der Waals surface area contributed by atoms with Crippen molar-refractivity contribution in [2.24, 2.45) is 0 Å². The van der Waals surface area contributed by atoms with E-state index in [0.29, 0.717) is 36.1 Å². The molecule has 2 N–H and O–H groups in total. The van der Waals surface area contributed by atoms with Crippen LogP contribution in [0, 0.1) is 0 Å². The van der Waals surface area contributed by atoms with Gasteiger partial charge in [-0.15, -0.1) is 12.4 Å². The number of aliphatic hydroxyl groups is 1. The Labute approximate surface area is 141 Å². The fourth-order valence-electron chi connectivity index (χ4n) is 2.13. The topological polar surface area (TPSA) is 75.9 Å². The number of aromatic nitrogens is 2. The molecule has 0 saturated carbocycles. The lowest BCUT2D eigenvalue weighted by Crippen LogP contribution is -2.35. The van der Waals surface area contributed by atoms with Crippen LogP contribution in [0.25, 0.3) is 5.65 Å². The normalized spacial score (nSPS) is 12.2. The third-order valence-electron chi connectivity index (χ3n) is 3.32. The van der Waals surface area contributed by atoms with Gasteiger partial charge >= 0.3 is 0 Å². The quantitative estimate of drug-likeness (QED) is 0.796. The monoisotopic (exact) mass is 341 g/mol. The predicted molar refractivity (Wildman–Crippen MR) is 92.7 cm³/mol. The van der Waals surface area contributed by atoms with Crippen molar-refractivity contribution in [3.63, 3.8) is 0 Å². The summed E-state index contributed by atoms with van der Waals surface area (Å²) in [6.07, 6.45) is 1.57. The van der Waals surface area contributed by atoms with Gasteiger partial charge in [0.1, 0.15) is 18.4 Å². The molecule has 0 fully saturated rings. The molecule has 6 nitrogen and oxygen atoms in total. The molecule has 1 unspecified atom stereocenters. The lowest BCUT2D eigenvalue weighted by Gasteiger charge is -2.16. The summed E-state index contributed by atoms with van der Waals surface area (Å²) in [5.74, 6) is 0.308. The number of hydrogen-bond acceptors (Lipinski definition) is 5. The summed E-state index contributed by atoms with van der Waals surface area (Å²) >= 11 is 0. The van der Waals surface area contributed by atoms with Gasteiger partial charge in [0, 0.05) is 18.8 Å². The number of nitrogens with zero attached hydrogens (tertiary/aromatic N) is 2. The first kappa shape index (κ1) is 19.4. The summed E-state index contributed by atoms with van der Waals surface area (Å²) in [5.41, 5.74) is 0.931. The van der Waals surface area contributed by atoms with Crippen molar-refractivity contribution >= 4 is 18.1 Å². The van der Waals surface area contributed by atoms with Crippen molar-refractivity contribution in [3.05, 3.63) is 40.3 Å². The highest BCUT2D eigenvalue weighted by molar-refractivity contribution is 5.85. The Morgan fingerprint density at radius 2 is 2.13 bits per heavy atom. The lowest BCUT2D eigenvalue weighted by molar-refractivity contribution is 0.101. The second-order valence-corrected chi connectivity index (χ2v) is 5.51. The molecule has 2 aromatic rings. The summed E-state index contributed by atoms with van der Waals surface area (Å²) in [4.78, 5) is 16.8. The highest BCUT2D eigenvalue weighted by Crippen LogP contribution is 2.14. The van der Waals surface area contributed by atoms with Gasteiger partial charge in [0.05, 0.1) is 5.56 Å². The number of pyridine rings is 1. The van der Waals surface area contributed by atoms with Crippen LogP contribution in [0.3, 0.4) is 0 Å². The first-order valence-electron chi connectivity index (χ1n) is 7.57. The van der Waals surface area contributed by atoms with Gasteiger partial charge in [0.15, 0.2) is 0 Å². The van der Waals surface area contributed by atoms with E-state index in [1.54, 1.807) is 18.3 Å². The summed E-state index contributed by atoms with van der Waals surface area (Å²) in [6.45, 7) is 6.44. The SMILES string of the molecule is CCc1c(OCC(O)CNC(C)C)nc2ccccn2c1=O.Cl. The Morgan fingerprint density at radius 3 is 2.78 bits per heavy atom. The van der Waals surface area contributed by atoms with Crippen molar-refractivity contribution < 1.29 is 9.84 Å². The molecule has 2 aromatic heterocycles. The van der Waals surface area contributed by atoms with E-state index >= 15 is 0 Å². The van der Waals surface area contributed by atoms with Gasteiger partial charge in [0.2, 0.25) is 5.88 Å². The number of ether oxygens (including phenoxy) is 1. The van der Waals surface area contributed by atoms with Crippen molar-refractivity contribution in [3.8, 4) is 5.88 Å². The molecule has 2 heterocycles. The summed E-state index contributed by atoms with van der Waals surface area (Å²) in [5, 5.41) is 13.0. The van der Waals surface area contributed by atoms with E-state index in [4.69, 9.17) is 4.74 Å². The molecule has 23 heavy (non-hydrogen) atoms. The second kappa shape index (κ2) is 8.86. The Bertz CT molecular complexity index is 688. The van der Waals surface area contributed by atoms with E-state index < -0.39 is 6.10 Å². The van der Waals surface area contributed by atoms with Crippen LogP contribution in [0.4, 0.5) is 0 Å². The van der Waals surface area contributed by atoms with Crippen LogP contribution in [0.5, 0.6) is 5.88 Å². The van der Waals surface area contributed by atoms with Crippen LogP contribution in [-0.4, -0.2) is 39.8 Å². The van der Waals surface area contributed by atoms with Crippen molar-refractivity contribution in [1.29, 1.82) is 0 Å². The molecule has 0 aliphatic heterocycles. The molecule has 0 aliphatic rings. The van der Waals surface area contributed by atoms with Gasteiger partial charge in [-0.05, 0) is 18.6 Å². The molecule has 0 saturated heterocycles. The van der Waals surface area contributed by atoms with Crippen molar-refractivity contribution in [2.45, 2.75) is 39.3 Å². The standard InChI is InChI=1S/C16H23N3O3.ClH/c1-4-13-15(22-10-12(20)9-17-11(2)3)18-14-7-5-6-8-19(14)16(13)21;/h5-8,11-12,17,20H,4,9-10H2,1-3H3;1H. The van der Waals surface area contributed by atoms with Crippen LogP contribution < -0.4 is 15.6 Å².